The maximum absolute atomic E-state index is 4.52. The molecule has 0 aliphatic carbocycles. The number of aromatic nitrogens is 2. The van der Waals surface area contributed by atoms with Crippen molar-refractivity contribution >= 4 is 0 Å². The van der Waals surface area contributed by atoms with Crippen molar-refractivity contribution in [3.05, 3.63) is 18.2 Å². The van der Waals surface area contributed by atoms with Crippen LogP contribution in [0.2, 0.25) is 0 Å². The quantitative estimate of drug-likeness (QED) is 0.822. The van der Waals surface area contributed by atoms with E-state index >= 15 is 0 Å². The Hall–Kier alpha value is -0.830. The molecule has 0 bridgehead atoms. The molecule has 0 amide bonds. The fraction of sp³-hybridized carbons (Fsp3) is 0.786. The average Bonchev–Trinajstić information content (AvgIpc) is 2.70. The Bertz CT molecular complexity index is 322. The van der Waals surface area contributed by atoms with E-state index in [2.05, 4.69) is 55.7 Å². The van der Waals surface area contributed by atoms with E-state index in [1.165, 1.54) is 5.82 Å². The number of hydrogen-bond donors (Lipinski definition) is 1. The molecule has 0 aromatic carbocycles. The molecule has 1 atom stereocenters. The van der Waals surface area contributed by atoms with Gasteiger partial charge in [0.1, 0.15) is 5.82 Å². The van der Waals surface area contributed by atoms with Gasteiger partial charge < -0.3 is 9.88 Å². The van der Waals surface area contributed by atoms with Crippen LogP contribution in [0.1, 0.15) is 59.3 Å². The van der Waals surface area contributed by atoms with E-state index in [0.29, 0.717) is 11.5 Å². The monoisotopic (exact) mass is 237 g/mol. The zero-order valence-corrected chi connectivity index (χ0v) is 12.0. The fourth-order valence-electron chi connectivity index (χ4n) is 2.08. The van der Waals surface area contributed by atoms with E-state index in [9.17, 15) is 0 Å². The molecule has 1 unspecified atom stereocenters. The topological polar surface area (TPSA) is 29.9 Å². The SMILES string of the molecule is CCCNC(CC(C)(C)C)c1nccn1CC. The molecule has 0 saturated heterocycles. The molecule has 3 nitrogen and oxygen atoms in total. The summed E-state index contributed by atoms with van der Waals surface area (Å²) in [6, 6.07) is 0.366. The normalized spacial score (nSPS) is 13.9. The minimum Gasteiger partial charge on any atom is -0.334 e. The highest BCUT2D eigenvalue weighted by Crippen LogP contribution is 2.28. The van der Waals surface area contributed by atoms with Gasteiger partial charge in [0, 0.05) is 18.9 Å². The lowest BCUT2D eigenvalue weighted by atomic mass is 9.87. The molecule has 1 heterocycles. The van der Waals surface area contributed by atoms with Crippen LogP contribution in [0.5, 0.6) is 0 Å². The Morgan fingerprint density at radius 2 is 2.06 bits per heavy atom. The Morgan fingerprint density at radius 3 is 2.59 bits per heavy atom. The summed E-state index contributed by atoms with van der Waals surface area (Å²) in [6.07, 6.45) is 6.25. The minimum absolute atomic E-state index is 0.315. The lowest BCUT2D eigenvalue weighted by molar-refractivity contribution is 0.299. The molecular formula is C14H27N3. The van der Waals surface area contributed by atoms with Crippen LogP contribution < -0.4 is 5.32 Å². The molecule has 0 saturated carbocycles. The molecule has 0 fully saturated rings. The van der Waals surface area contributed by atoms with Gasteiger partial charge >= 0.3 is 0 Å². The van der Waals surface area contributed by atoms with Gasteiger partial charge in [0.05, 0.1) is 6.04 Å². The molecule has 3 heteroatoms. The van der Waals surface area contributed by atoms with Crippen molar-refractivity contribution in [2.45, 2.75) is 60.0 Å². The Labute approximate surface area is 106 Å². The van der Waals surface area contributed by atoms with Crippen molar-refractivity contribution in [1.29, 1.82) is 0 Å². The van der Waals surface area contributed by atoms with E-state index in [1.807, 2.05) is 6.20 Å². The van der Waals surface area contributed by atoms with Crippen LogP contribution in [-0.2, 0) is 6.54 Å². The summed E-state index contributed by atoms with van der Waals surface area (Å²) in [5, 5.41) is 3.62. The van der Waals surface area contributed by atoms with Gasteiger partial charge in [-0.25, -0.2) is 4.98 Å². The molecular weight excluding hydrogens is 210 g/mol. The highest BCUT2D eigenvalue weighted by molar-refractivity contribution is 5.00. The van der Waals surface area contributed by atoms with Crippen LogP contribution in [0.3, 0.4) is 0 Å². The van der Waals surface area contributed by atoms with E-state index in [0.717, 1.165) is 25.9 Å². The molecule has 17 heavy (non-hydrogen) atoms. The number of nitrogens with one attached hydrogen (secondary N) is 1. The number of rotatable bonds is 6. The third-order valence-corrected chi connectivity index (χ3v) is 2.86. The average molecular weight is 237 g/mol. The molecule has 0 aliphatic heterocycles. The summed E-state index contributed by atoms with van der Waals surface area (Å²) in [4.78, 5) is 4.52. The maximum Gasteiger partial charge on any atom is 0.125 e. The van der Waals surface area contributed by atoms with Gasteiger partial charge in [-0.1, -0.05) is 27.7 Å². The van der Waals surface area contributed by atoms with Crippen molar-refractivity contribution in [2.75, 3.05) is 6.54 Å². The van der Waals surface area contributed by atoms with Gasteiger partial charge in [0.2, 0.25) is 0 Å². The van der Waals surface area contributed by atoms with E-state index in [1.54, 1.807) is 0 Å². The smallest absolute Gasteiger partial charge is 0.125 e. The van der Waals surface area contributed by atoms with Gasteiger partial charge in [-0.3, -0.25) is 0 Å². The first-order chi connectivity index (χ1) is 7.98. The zero-order valence-electron chi connectivity index (χ0n) is 12.0. The van der Waals surface area contributed by atoms with Gasteiger partial charge in [0.25, 0.3) is 0 Å². The first kappa shape index (κ1) is 14.2. The summed E-state index contributed by atoms with van der Waals surface area (Å²) in [7, 11) is 0. The summed E-state index contributed by atoms with van der Waals surface area (Å²) < 4.78 is 2.24. The first-order valence-electron chi connectivity index (χ1n) is 6.72. The Kier molecular flexibility index (Phi) is 5.19. The zero-order chi connectivity index (χ0) is 12.9. The van der Waals surface area contributed by atoms with Crippen LogP contribution in [0, 0.1) is 5.41 Å². The number of hydrogen-bond acceptors (Lipinski definition) is 2. The van der Waals surface area contributed by atoms with Gasteiger partial charge in [0.15, 0.2) is 0 Å². The molecule has 1 rings (SSSR count). The van der Waals surface area contributed by atoms with Crippen LogP contribution >= 0.6 is 0 Å². The lowest BCUT2D eigenvalue weighted by Gasteiger charge is -2.27. The van der Waals surface area contributed by atoms with Crippen molar-refractivity contribution in [3.8, 4) is 0 Å². The second-order valence-electron chi connectivity index (χ2n) is 5.84. The van der Waals surface area contributed by atoms with Crippen LogP contribution in [-0.4, -0.2) is 16.1 Å². The molecule has 0 radical (unpaired) electrons. The molecule has 1 aromatic rings. The van der Waals surface area contributed by atoms with Crippen LogP contribution in [0.25, 0.3) is 0 Å². The summed E-state index contributed by atoms with van der Waals surface area (Å²) in [5.74, 6) is 1.18. The standard InChI is InChI=1S/C14H27N3/c1-6-8-15-12(11-14(3,4)5)13-16-9-10-17(13)7-2/h9-10,12,15H,6-8,11H2,1-5H3. The second-order valence-corrected chi connectivity index (χ2v) is 5.84. The Balaban J connectivity index is 2.82. The highest BCUT2D eigenvalue weighted by Gasteiger charge is 2.22. The van der Waals surface area contributed by atoms with Gasteiger partial charge in [-0.15, -0.1) is 0 Å². The van der Waals surface area contributed by atoms with E-state index < -0.39 is 0 Å². The number of imidazole rings is 1. The van der Waals surface area contributed by atoms with Crippen molar-refractivity contribution in [1.82, 2.24) is 14.9 Å². The molecule has 1 aromatic heterocycles. The summed E-state index contributed by atoms with van der Waals surface area (Å²) in [5.41, 5.74) is 0.315. The Morgan fingerprint density at radius 1 is 1.35 bits per heavy atom. The third-order valence-electron chi connectivity index (χ3n) is 2.86. The second kappa shape index (κ2) is 6.20. The fourth-order valence-corrected chi connectivity index (χ4v) is 2.08. The maximum atomic E-state index is 4.52. The van der Waals surface area contributed by atoms with Crippen molar-refractivity contribution in [2.24, 2.45) is 5.41 Å². The summed E-state index contributed by atoms with van der Waals surface area (Å²) >= 11 is 0. The van der Waals surface area contributed by atoms with Gasteiger partial charge in [-0.2, -0.15) is 0 Å². The van der Waals surface area contributed by atoms with Gasteiger partial charge in [-0.05, 0) is 31.7 Å². The molecule has 98 valence electrons. The van der Waals surface area contributed by atoms with Crippen molar-refractivity contribution < 1.29 is 0 Å². The predicted octanol–water partition coefficient (Wildman–Crippen LogP) is 3.38. The van der Waals surface area contributed by atoms with Crippen LogP contribution in [0.4, 0.5) is 0 Å². The molecule has 0 aliphatic rings. The van der Waals surface area contributed by atoms with Crippen molar-refractivity contribution in [3.63, 3.8) is 0 Å². The third kappa shape index (κ3) is 4.50. The van der Waals surface area contributed by atoms with E-state index in [4.69, 9.17) is 0 Å². The number of aryl methyl sites for hydroxylation is 1. The van der Waals surface area contributed by atoms with Crippen LogP contribution in [0.15, 0.2) is 12.4 Å². The molecule has 0 spiro atoms. The lowest BCUT2D eigenvalue weighted by Crippen LogP contribution is -2.28. The van der Waals surface area contributed by atoms with E-state index in [-0.39, 0.29) is 0 Å². The summed E-state index contributed by atoms with van der Waals surface area (Å²) in [6.45, 7) is 13.3. The minimum atomic E-state index is 0.315. The first-order valence-corrected chi connectivity index (χ1v) is 6.72. The highest BCUT2D eigenvalue weighted by atomic mass is 15.1. The number of nitrogens with zero attached hydrogens (tertiary/aromatic N) is 2. The molecule has 1 N–H and O–H groups in total. The largest absolute Gasteiger partial charge is 0.334 e. The predicted molar refractivity (Wildman–Crippen MR) is 73.0 cm³/mol.